The molecule has 0 spiro atoms. The summed E-state index contributed by atoms with van der Waals surface area (Å²) in [6.07, 6.45) is 0.0243. The molecule has 0 bridgehead atoms. The lowest BCUT2D eigenvalue weighted by Gasteiger charge is -2.13. The fourth-order valence-electron chi connectivity index (χ4n) is 3.95. The SMILES string of the molecule is COc1c(F)cc(NC(=O)C2C(c3ccc(F)c(Cl)c3)C2(Cl)Cl)cc1C(=O)Cc1ccccc1. The van der Waals surface area contributed by atoms with E-state index in [9.17, 15) is 18.4 Å². The van der Waals surface area contributed by atoms with Crippen LogP contribution in [-0.2, 0) is 11.2 Å². The maximum Gasteiger partial charge on any atom is 0.231 e. The summed E-state index contributed by atoms with van der Waals surface area (Å²) >= 11 is 18.5. The molecule has 1 aliphatic rings. The Hall–Kier alpha value is -2.67. The number of hydrogen-bond acceptors (Lipinski definition) is 3. The van der Waals surface area contributed by atoms with Crippen molar-refractivity contribution in [2.45, 2.75) is 16.7 Å². The molecule has 3 aromatic carbocycles. The van der Waals surface area contributed by atoms with Crippen molar-refractivity contribution in [2.75, 3.05) is 12.4 Å². The van der Waals surface area contributed by atoms with Crippen molar-refractivity contribution in [1.29, 1.82) is 0 Å². The summed E-state index contributed by atoms with van der Waals surface area (Å²) < 4.78 is 31.9. The lowest BCUT2D eigenvalue weighted by Crippen LogP contribution is -2.18. The summed E-state index contributed by atoms with van der Waals surface area (Å²) in [6.45, 7) is 0. The van der Waals surface area contributed by atoms with Crippen LogP contribution in [0.25, 0.3) is 0 Å². The Morgan fingerprint density at radius 2 is 1.74 bits per heavy atom. The molecule has 9 heteroatoms. The maximum atomic E-state index is 14.7. The number of ether oxygens (including phenoxy) is 1. The first-order chi connectivity index (χ1) is 16.1. The quantitative estimate of drug-likeness (QED) is 0.281. The molecule has 2 atom stereocenters. The van der Waals surface area contributed by atoms with Crippen LogP contribution in [-0.4, -0.2) is 23.1 Å². The topological polar surface area (TPSA) is 55.4 Å². The Kier molecular flexibility index (Phi) is 6.85. The van der Waals surface area contributed by atoms with Crippen LogP contribution in [0.5, 0.6) is 5.75 Å². The molecule has 0 heterocycles. The first-order valence-corrected chi connectivity index (χ1v) is 11.3. The molecule has 1 aliphatic carbocycles. The molecule has 1 saturated carbocycles. The van der Waals surface area contributed by atoms with Crippen LogP contribution < -0.4 is 10.1 Å². The van der Waals surface area contributed by atoms with E-state index in [2.05, 4.69) is 5.32 Å². The van der Waals surface area contributed by atoms with Crippen molar-refractivity contribution in [3.8, 4) is 5.75 Å². The third-order valence-electron chi connectivity index (χ3n) is 5.66. The number of benzene rings is 3. The van der Waals surface area contributed by atoms with Crippen LogP contribution in [0.15, 0.2) is 60.7 Å². The standard InChI is InChI=1S/C25H18Cl3F2NO3/c1-34-23-16(20(32)9-13-5-3-2-4-6-13)11-15(12-19(23)30)31-24(33)22-21(25(22,27)28)14-7-8-18(29)17(26)10-14/h2-8,10-12,21-22H,9H2,1H3,(H,31,33). The molecule has 1 fully saturated rings. The zero-order chi connectivity index (χ0) is 24.6. The zero-order valence-corrected chi connectivity index (χ0v) is 20.0. The second kappa shape index (κ2) is 9.53. The van der Waals surface area contributed by atoms with E-state index in [1.165, 1.54) is 25.3 Å². The van der Waals surface area contributed by atoms with Crippen molar-refractivity contribution >= 4 is 52.2 Å². The van der Waals surface area contributed by atoms with Gasteiger partial charge in [-0.3, -0.25) is 9.59 Å². The van der Waals surface area contributed by atoms with Gasteiger partial charge in [0.2, 0.25) is 5.91 Å². The van der Waals surface area contributed by atoms with Crippen LogP contribution in [0.4, 0.5) is 14.5 Å². The van der Waals surface area contributed by atoms with Crippen molar-refractivity contribution in [2.24, 2.45) is 5.92 Å². The van der Waals surface area contributed by atoms with E-state index >= 15 is 0 Å². The van der Waals surface area contributed by atoms with Crippen LogP contribution in [0.3, 0.4) is 0 Å². The highest BCUT2D eigenvalue weighted by molar-refractivity contribution is 6.53. The minimum Gasteiger partial charge on any atom is -0.493 e. The Morgan fingerprint density at radius 3 is 2.38 bits per heavy atom. The number of halogens is 5. The molecule has 1 N–H and O–H groups in total. The number of Topliss-reactive ketones (excluding diaryl/α,β-unsaturated/α-hetero) is 1. The van der Waals surface area contributed by atoms with Crippen molar-refractivity contribution in [3.05, 3.63) is 94.0 Å². The maximum absolute atomic E-state index is 14.7. The normalized spacial score (nSPS) is 18.3. The molecule has 4 rings (SSSR count). The van der Waals surface area contributed by atoms with E-state index in [1.807, 2.05) is 6.07 Å². The second-order valence-corrected chi connectivity index (χ2v) is 9.77. The van der Waals surface area contributed by atoms with Gasteiger partial charge in [0.25, 0.3) is 0 Å². The predicted molar refractivity (Wildman–Crippen MR) is 128 cm³/mol. The minimum atomic E-state index is -1.46. The molecule has 2 unspecified atom stereocenters. The molecular weight excluding hydrogens is 507 g/mol. The Labute approximate surface area is 209 Å². The van der Waals surface area contributed by atoms with E-state index in [1.54, 1.807) is 24.3 Å². The summed E-state index contributed by atoms with van der Waals surface area (Å²) in [6, 6.07) is 15.3. The number of carbonyl (C=O) groups is 2. The summed E-state index contributed by atoms with van der Waals surface area (Å²) in [4.78, 5) is 25.8. The van der Waals surface area contributed by atoms with E-state index < -0.39 is 33.7 Å². The minimum absolute atomic E-state index is 0.0117. The summed E-state index contributed by atoms with van der Waals surface area (Å²) in [5, 5.41) is 2.45. The summed E-state index contributed by atoms with van der Waals surface area (Å²) in [5.74, 6) is -4.13. The van der Waals surface area contributed by atoms with Gasteiger partial charge in [0.15, 0.2) is 17.3 Å². The van der Waals surface area contributed by atoms with E-state index in [-0.39, 0.29) is 34.2 Å². The molecule has 3 aromatic rings. The molecule has 176 valence electrons. The van der Waals surface area contributed by atoms with Crippen LogP contribution >= 0.6 is 34.8 Å². The summed E-state index contributed by atoms with van der Waals surface area (Å²) in [7, 11) is 1.26. The van der Waals surface area contributed by atoms with E-state index in [0.29, 0.717) is 5.56 Å². The number of methoxy groups -OCH3 is 1. The van der Waals surface area contributed by atoms with Crippen LogP contribution in [0.2, 0.25) is 5.02 Å². The number of nitrogens with one attached hydrogen (secondary N) is 1. The summed E-state index contributed by atoms with van der Waals surface area (Å²) in [5.41, 5.74) is 1.28. The molecule has 0 aliphatic heterocycles. The Bertz CT molecular complexity index is 1270. The van der Waals surface area contributed by atoms with Gasteiger partial charge in [-0.25, -0.2) is 8.78 Å². The lowest BCUT2D eigenvalue weighted by molar-refractivity contribution is -0.117. The van der Waals surface area contributed by atoms with Gasteiger partial charge in [-0.05, 0) is 29.3 Å². The van der Waals surface area contributed by atoms with Crippen molar-refractivity contribution in [1.82, 2.24) is 0 Å². The Morgan fingerprint density at radius 1 is 1.03 bits per heavy atom. The number of carbonyl (C=O) groups excluding carboxylic acids is 2. The van der Waals surface area contributed by atoms with E-state index in [0.717, 1.165) is 17.7 Å². The van der Waals surface area contributed by atoms with Crippen molar-refractivity contribution in [3.63, 3.8) is 0 Å². The van der Waals surface area contributed by atoms with Gasteiger partial charge >= 0.3 is 0 Å². The number of ketones is 1. The number of rotatable bonds is 7. The third-order valence-corrected chi connectivity index (χ3v) is 6.89. The first-order valence-electron chi connectivity index (χ1n) is 10.2. The lowest BCUT2D eigenvalue weighted by atomic mass is 10.0. The number of alkyl halides is 2. The fourth-order valence-corrected chi connectivity index (χ4v) is 4.97. The first kappa shape index (κ1) is 24.5. The molecule has 0 saturated heterocycles. The van der Waals surface area contributed by atoms with Gasteiger partial charge in [-0.2, -0.15) is 0 Å². The van der Waals surface area contributed by atoms with E-state index in [4.69, 9.17) is 39.5 Å². The highest BCUT2D eigenvalue weighted by Gasteiger charge is 2.67. The third kappa shape index (κ3) is 4.76. The van der Waals surface area contributed by atoms with Gasteiger partial charge in [0.1, 0.15) is 10.2 Å². The molecule has 1 amide bonds. The Balaban J connectivity index is 1.57. The van der Waals surface area contributed by atoms with Gasteiger partial charge in [0.05, 0.1) is 23.6 Å². The highest BCUT2D eigenvalue weighted by atomic mass is 35.5. The largest absolute Gasteiger partial charge is 0.493 e. The number of hydrogen-bond donors (Lipinski definition) is 1. The monoisotopic (exact) mass is 523 g/mol. The molecule has 4 nitrogen and oxygen atoms in total. The van der Waals surface area contributed by atoms with Crippen molar-refractivity contribution < 1.29 is 23.1 Å². The van der Waals surface area contributed by atoms with Gasteiger partial charge in [0, 0.05) is 24.1 Å². The average Bonchev–Trinajstić information content (AvgIpc) is 3.38. The smallest absolute Gasteiger partial charge is 0.231 e. The van der Waals surface area contributed by atoms with Crippen LogP contribution in [0, 0.1) is 17.6 Å². The fraction of sp³-hybridized carbons (Fsp3) is 0.200. The van der Waals surface area contributed by atoms with Crippen LogP contribution in [0.1, 0.15) is 27.4 Å². The zero-order valence-electron chi connectivity index (χ0n) is 17.7. The highest BCUT2D eigenvalue weighted by Crippen LogP contribution is 2.65. The van der Waals surface area contributed by atoms with Gasteiger partial charge in [-0.15, -0.1) is 23.2 Å². The number of anilines is 1. The van der Waals surface area contributed by atoms with Gasteiger partial charge < -0.3 is 10.1 Å². The molecule has 0 radical (unpaired) electrons. The second-order valence-electron chi connectivity index (χ2n) is 7.92. The molecular formula is C25H18Cl3F2NO3. The predicted octanol–water partition coefficient (Wildman–Crippen LogP) is 6.58. The average molecular weight is 525 g/mol. The number of amides is 1. The molecule has 34 heavy (non-hydrogen) atoms. The van der Waals surface area contributed by atoms with Gasteiger partial charge in [-0.1, -0.05) is 48.0 Å². The molecule has 0 aromatic heterocycles.